The topological polar surface area (TPSA) is 104 Å². The maximum atomic E-state index is 12.4. The summed E-state index contributed by atoms with van der Waals surface area (Å²) in [6.45, 7) is 0.377. The highest BCUT2D eigenvalue weighted by Crippen LogP contribution is 2.29. The molecule has 0 aliphatic rings. The Balaban J connectivity index is 1.80. The van der Waals surface area contributed by atoms with Crippen molar-refractivity contribution >= 4 is 11.7 Å². The van der Waals surface area contributed by atoms with Crippen LogP contribution in [0.2, 0.25) is 0 Å². The number of aromatic nitrogens is 3. The van der Waals surface area contributed by atoms with Crippen LogP contribution in [-0.2, 0) is 6.54 Å². The van der Waals surface area contributed by atoms with E-state index in [2.05, 4.69) is 15.6 Å². The van der Waals surface area contributed by atoms with E-state index in [-0.39, 0.29) is 11.5 Å². The number of methoxy groups -OCH3 is 2. The maximum absolute atomic E-state index is 12.4. The monoisotopic (exact) mass is 353 g/mol. The zero-order chi connectivity index (χ0) is 18.5. The van der Waals surface area contributed by atoms with E-state index in [4.69, 9.17) is 15.2 Å². The van der Waals surface area contributed by atoms with Crippen molar-refractivity contribution in [3.8, 4) is 17.2 Å². The Labute approximate surface area is 150 Å². The zero-order valence-electron chi connectivity index (χ0n) is 14.5. The Morgan fingerprint density at radius 3 is 2.54 bits per heavy atom. The lowest BCUT2D eigenvalue weighted by Gasteiger charge is -2.10. The van der Waals surface area contributed by atoms with Gasteiger partial charge in [-0.05, 0) is 17.7 Å². The highest BCUT2D eigenvalue weighted by atomic mass is 16.5. The Hall–Kier alpha value is -3.55. The van der Waals surface area contributed by atoms with Crippen LogP contribution in [-0.4, -0.2) is 35.1 Å². The zero-order valence-corrected chi connectivity index (χ0v) is 14.5. The first-order valence-corrected chi connectivity index (χ1v) is 7.89. The summed E-state index contributed by atoms with van der Waals surface area (Å²) >= 11 is 0. The number of carbonyl (C=O) groups excluding carboxylic acids is 1. The van der Waals surface area contributed by atoms with Gasteiger partial charge in [0.05, 0.1) is 19.9 Å². The first kappa shape index (κ1) is 17.3. The van der Waals surface area contributed by atoms with Gasteiger partial charge in [0.2, 0.25) is 0 Å². The van der Waals surface area contributed by atoms with E-state index in [0.29, 0.717) is 23.7 Å². The minimum Gasteiger partial charge on any atom is -0.493 e. The maximum Gasteiger partial charge on any atom is 0.275 e. The fourth-order valence-corrected chi connectivity index (χ4v) is 2.46. The summed E-state index contributed by atoms with van der Waals surface area (Å²) in [5.74, 6) is 0.853. The summed E-state index contributed by atoms with van der Waals surface area (Å²) in [5, 5.41) is 10.7. The Morgan fingerprint density at radius 1 is 1.12 bits per heavy atom. The number of hydrogen-bond donors (Lipinski definition) is 2. The molecule has 8 heteroatoms. The number of nitrogens with two attached hydrogens (primary N) is 1. The molecule has 0 saturated heterocycles. The molecule has 134 valence electrons. The van der Waals surface area contributed by atoms with E-state index >= 15 is 0 Å². The number of nitrogens with one attached hydrogen (secondary N) is 1. The molecule has 0 saturated carbocycles. The molecule has 3 aromatic rings. The van der Waals surface area contributed by atoms with Gasteiger partial charge in [0, 0.05) is 12.6 Å². The van der Waals surface area contributed by atoms with Crippen molar-refractivity contribution in [1.82, 2.24) is 20.3 Å². The van der Waals surface area contributed by atoms with E-state index in [9.17, 15) is 4.79 Å². The molecule has 1 amide bonds. The summed E-state index contributed by atoms with van der Waals surface area (Å²) in [6, 6.07) is 14.7. The molecule has 0 fully saturated rings. The molecule has 0 aliphatic carbocycles. The third-order valence-electron chi connectivity index (χ3n) is 3.83. The second kappa shape index (κ2) is 7.56. The molecule has 0 bridgehead atoms. The summed E-state index contributed by atoms with van der Waals surface area (Å²) in [5.41, 5.74) is 7.72. The summed E-state index contributed by atoms with van der Waals surface area (Å²) in [7, 11) is 3.09. The van der Waals surface area contributed by atoms with Gasteiger partial charge in [-0.15, -0.1) is 5.10 Å². The summed E-state index contributed by atoms with van der Waals surface area (Å²) < 4.78 is 11.9. The molecule has 0 spiro atoms. The van der Waals surface area contributed by atoms with Gasteiger partial charge in [0.25, 0.3) is 5.91 Å². The summed E-state index contributed by atoms with van der Waals surface area (Å²) in [6.07, 6.45) is 0. The number of hydrogen-bond acceptors (Lipinski definition) is 6. The van der Waals surface area contributed by atoms with Crippen molar-refractivity contribution in [2.24, 2.45) is 0 Å². The van der Waals surface area contributed by atoms with Crippen LogP contribution in [0.4, 0.5) is 5.82 Å². The molecule has 0 aliphatic heterocycles. The van der Waals surface area contributed by atoms with Gasteiger partial charge in [0.1, 0.15) is 0 Å². The number of benzene rings is 2. The number of carbonyl (C=O) groups is 1. The van der Waals surface area contributed by atoms with Crippen molar-refractivity contribution in [2.75, 3.05) is 20.0 Å². The van der Waals surface area contributed by atoms with Gasteiger partial charge in [-0.25, -0.2) is 0 Å². The van der Waals surface area contributed by atoms with Crippen LogP contribution in [0.5, 0.6) is 11.5 Å². The Kier molecular flexibility index (Phi) is 5.02. The predicted molar refractivity (Wildman–Crippen MR) is 96.5 cm³/mol. The van der Waals surface area contributed by atoms with Crippen LogP contribution in [0.15, 0.2) is 48.5 Å². The molecule has 0 atom stereocenters. The van der Waals surface area contributed by atoms with Crippen LogP contribution in [0.1, 0.15) is 16.1 Å². The lowest BCUT2D eigenvalue weighted by atomic mass is 10.2. The molecule has 1 aromatic heterocycles. The number of ether oxygens (including phenoxy) is 2. The van der Waals surface area contributed by atoms with Crippen molar-refractivity contribution in [2.45, 2.75) is 6.54 Å². The Morgan fingerprint density at radius 2 is 1.85 bits per heavy atom. The van der Waals surface area contributed by atoms with Gasteiger partial charge in [0.15, 0.2) is 23.0 Å². The van der Waals surface area contributed by atoms with E-state index in [1.165, 1.54) is 11.8 Å². The highest BCUT2D eigenvalue weighted by molar-refractivity contribution is 5.96. The third-order valence-corrected chi connectivity index (χ3v) is 3.83. The van der Waals surface area contributed by atoms with E-state index < -0.39 is 5.91 Å². The standard InChI is InChI=1S/C18H19N5O3/c1-25-14-9-8-13(10-15(14)26-2)23-17(19)16(21-22-23)18(24)20-11-12-6-4-3-5-7-12/h3-10H,11,19H2,1-2H3,(H,20,24). The quantitative estimate of drug-likeness (QED) is 0.700. The van der Waals surface area contributed by atoms with Gasteiger partial charge in [-0.2, -0.15) is 4.68 Å². The molecule has 1 heterocycles. The minimum atomic E-state index is -0.391. The summed E-state index contributed by atoms with van der Waals surface area (Å²) in [4.78, 5) is 12.4. The van der Waals surface area contributed by atoms with Gasteiger partial charge < -0.3 is 20.5 Å². The van der Waals surface area contributed by atoms with Crippen molar-refractivity contribution < 1.29 is 14.3 Å². The average molecular weight is 353 g/mol. The fraction of sp³-hybridized carbons (Fsp3) is 0.167. The van der Waals surface area contributed by atoms with Crippen molar-refractivity contribution in [1.29, 1.82) is 0 Å². The molecule has 3 rings (SSSR count). The fourth-order valence-electron chi connectivity index (χ4n) is 2.46. The normalized spacial score (nSPS) is 10.4. The van der Waals surface area contributed by atoms with Crippen LogP contribution in [0, 0.1) is 0 Å². The van der Waals surface area contributed by atoms with Gasteiger partial charge in [-0.3, -0.25) is 4.79 Å². The highest BCUT2D eigenvalue weighted by Gasteiger charge is 2.19. The predicted octanol–water partition coefficient (Wildman–Crippen LogP) is 1.80. The van der Waals surface area contributed by atoms with Crippen molar-refractivity contribution in [3.05, 3.63) is 59.8 Å². The van der Waals surface area contributed by atoms with E-state index in [1.807, 2.05) is 30.3 Å². The number of nitrogens with zero attached hydrogens (tertiary/aromatic N) is 3. The van der Waals surface area contributed by atoms with Crippen LogP contribution < -0.4 is 20.5 Å². The van der Waals surface area contributed by atoms with Crippen molar-refractivity contribution in [3.63, 3.8) is 0 Å². The molecule has 26 heavy (non-hydrogen) atoms. The second-order valence-electron chi connectivity index (χ2n) is 5.44. The molecule has 0 unspecified atom stereocenters. The van der Waals surface area contributed by atoms with Crippen LogP contribution in [0.25, 0.3) is 5.69 Å². The van der Waals surface area contributed by atoms with E-state index in [1.54, 1.807) is 25.3 Å². The largest absolute Gasteiger partial charge is 0.493 e. The lowest BCUT2D eigenvalue weighted by molar-refractivity contribution is 0.0946. The SMILES string of the molecule is COc1ccc(-n2nnc(C(=O)NCc3ccccc3)c2N)cc1OC. The number of amides is 1. The number of rotatable bonds is 6. The number of nitrogen functional groups attached to an aromatic ring is 1. The third kappa shape index (κ3) is 3.44. The van der Waals surface area contributed by atoms with Crippen LogP contribution >= 0.6 is 0 Å². The molecular formula is C18H19N5O3. The molecule has 2 aromatic carbocycles. The first-order valence-electron chi connectivity index (χ1n) is 7.89. The number of anilines is 1. The second-order valence-corrected chi connectivity index (χ2v) is 5.44. The van der Waals surface area contributed by atoms with Gasteiger partial charge in [-0.1, -0.05) is 35.5 Å². The molecule has 8 nitrogen and oxygen atoms in total. The average Bonchev–Trinajstić information content (AvgIpc) is 3.07. The molecular weight excluding hydrogens is 334 g/mol. The van der Waals surface area contributed by atoms with Gasteiger partial charge >= 0.3 is 0 Å². The lowest BCUT2D eigenvalue weighted by Crippen LogP contribution is -2.24. The van der Waals surface area contributed by atoms with Crippen LogP contribution in [0.3, 0.4) is 0 Å². The van der Waals surface area contributed by atoms with E-state index in [0.717, 1.165) is 5.56 Å². The first-order chi connectivity index (χ1) is 12.6. The Bertz CT molecular complexity index is 908. The molecule has 0 radical (unpaired) electrons. The minimum absolute atomic E-state index is 0.0655. The molecule has 3 N–H and O–H groups in total. The smallest absolute Gasteiger partial charge is 0.275 e.